The van der Waals surface area contributed by atoms with Crippen LogP contribution in [0.25, 0.3) is 10.2 Å². The van der Waals surface area contributed by atoms with Crippen molar-refractivity contribution in [3.8, 4) is 0 Å². The number of fused-ring (bicyclic) bond motifs is 1. The van der Waals surface area contributed by atoms with Gasteiger partial charge in [-0.05, 0) is 31.5 Å². The van der Waals surface area contributed by atoms with Crippen molar-refractivity contribution in [1.29, 1.82) is 0 Å². The Hall–Kier alpha value is -1.80. The summed E-state index contributed by atoms with van der Waals surface area (Å²) in [5, 5.41) is 4.53. The number of anilines is 1. The maximum atomic E-state index is 12.9. The predicted octanol–water partition coefficient (Wildman–Crippen LogP) is 5.30. The summed E-state index contributed by atoms with van der Waals surface area (Å²) in [6, 6.07) is 5.00. The third-order valence-electron chi connectivity index (χ3n) is 4.13. The zero-order valence-corrected chi connectivity index (χ0v) is 18.4. The van der Waals surface area contributed by atoms with Crippen molar-refractivity contribution in [1.82, 2.24) is 9.55 Å². The smallest absolute Gasteiger partial charge is 0.263 e. The lowest BCUT2D eigenvalue weighted by atomic mass is 10.2. The van der Waals surface area contributed by atoms with Gasteiger partial charge in [0.2, 0.25) is 5.91 Å². The molecule has 1 aromatic carbocycles. The van der Waals surface area contributed by atoms with E-state index in [-0.39, 0.29) is 17.2 Å². The van der Waals surface area contributed by atoms with E-state index in [0.29, 0.717) is 37.7 Å². The minimum Gasteiger partial charge on any atom is -0.323 e. The number of aromatic nitrogens is 2. The van der Waals surface area contributed by atoms with Gasteiger partial charge in [-0.2, -0.15) is 0 Å². The minimum absolute atomic E-state index is 0.0555. The van der Waals surface area contributed by atoms with E-state index in [9.17, 15) is 9.59 Å². The van der Waals surface area contributed by atoms with Gasteiger partial charge in [-0.15, -0.1) is 17.9 Å². The number of allylic oxidation sites excluding steroid dienone is 1. The molecule has 0 aliphatic heterocycles. The molecule has 0 saturated heterocycles. The van der Waals surface area contributed by atoms with Crippen molar-refractivity contribution >= 4 is 68.1 Å². The molecule has 2 heterocycles. The van der Waals surface area contributed by atoms with Crippen LogP contribution in [0.1, 0.15) is 10.4 Å². The van der Waals surface area contributed by atoms with Crippen LogP contribution in [-0.2, 0) is 11.3 Å². The number of aryl methyl sites for hydroxylation is 2. The van der Waals surface area contributed by atoms with E-state index in [2.05, 4.69) is 16.9 Å². The Bertz CT molecular complexity index is 1120. The van der Waals surface area contributed by atoms with Gasteiger partial charge in [0, 0.05) is 11.4 Å². The fourth-order valence-corrected chi connectivity index (χ4v) is 5.00. The number of rotatable bonds is 6. The summed E-state index contributed by atoms with van der Waals surface area (Å²) in [6.07, 6.45) is 1.64. The van der Waals surface area contributed by atoms with Gasteiger partial charge < -0.3 is 5.32 Å². The highest BCUT2D eigenvalue weighted by Gasteiger charge is 2.17. The average molecular weight is 454 g/mol. The predicted molar refractivity (Wildman–Crippen MR) is 119 cm³/mol. The van der Waals surface area contributed by atoms with Crippen LogP contribution in [0.4, 0.5) is 5.69 Å². The number of carbonyl (C=O) groups is 1. The molecule has 0 unspecified atom stereocenters. The number of nitrogens with one attached hydrogen (secondary N) is 1. The Morgan fingerprint density at radius 3 is 2.68 bits per heavy atom. The Kier molecular flexibility index (Phi) is 6.50. The van der Waals surface area contributed by atoms with Crippen LogP contribution in [0.3, 0.4) is 0 Å². The van der Waals surface area contributed by atoms with Crippen LogP contribution in [-0.4, -0.2) is 21.2 Å². The lowest BCUT2D eigenvalue weighted by Crippen LogP contribution is -2.23. The summed E-state index contributed by atoms with van der Waals surface area (Å²) < 4.78 is 1.54. The van der Waals surface area contributed by atoms with Crippen molar-refractivity contribution in [2.24, 2.45) is 0 Å². The minimum atomic E-state index is -0.293. The molecule has 1 N–H and O–H groups in total. The van der Waals surface area contributed by atoms with Gasteiger partial charge >= 0.3 is 0 Å². The van der Waals surface area contributed by atoms with E-state index in [1.54, 1.807) is 24.3 Å². The Balaban J connectivity index is 1.87. The van der Waals surface area contributed by atoms with Gasteiger partial charge in [0.15, 0.2) is 5.16 Å². The fourth-order valence-electron chi connectivity index (χ4n) is 2.63. The van der Waals surface area contributed by atoms with Gasteiger partial charge in [-0.25, -0.2) is 4.98 Å². The lowest BCUT2D eigenvalue weighted by molar-refractivity contribution is -0.113. The number of amides is 1. The molecule has 3 aromatic rings. The highest BCUT2D eigenvalue weighted by atomic mass is 35.5. The highest BCUT2D eigenvalue weighted by Crippen LogP contribution is 2.31. The Morgan fingerprint density at radius 1 is 1.36 bits per heavy atom. The highest BCUT2D eigenvalue weighted by molar-refractivity contribution is 7.99. The molecule has 146 valence electrons. The molecule has 0 fully saturated rings. The number of hydrogen-bond donors (Lipinski definition) is 1. The summed E-state index contributed by atoms with van der Waals surface area (Å²) in [6.45, 7) is 7.91. The van der Waals surface area contributed by atoms with E-state index in [0.717, 1.165) is 10.4 Å². The number of nitrogens with zero attached hydrogens (tertiary/aromatic N) is 2. The molecule has 0 aliphatic rings. The third kappa shape index (κ3) is 4.12. The SMILES string of the molecule is C=CCn1c(SCC(=O)Nc2c(Cl)cccc2Cl)nc2sc(C)c(C)c2c1=O. The lowest BCUT2D eigenvalue weighted by Gasteiger charge is -2.11. The number of thiophene rings is 1. The average Bonchev–Trinajstić information content (AvgIpc) is 2.93. The van der Waals surface area contributed by atoms with Gasteiger partial charge in [-0.1, -0.05) is 47.1 Å². The molecule has 0 spiro atoms. The maximum absolute atomic E-state index is 12.9. The molecule has 5 nitrogen and oxygen atoms in total. The molecule has 28 heavy (non-hydrogen) atoms. The van der Waals surface area contributed by atoms with Crippen LogP contribution < -0.4 is 10.9 Å². The van der Waals surface area contributed by atoms with E-state index < -0.39 is 0 Å². The fraction of sp³-hybridized carbons (Fsp3) is 0.211. The molecule has 3 rings (SSSR count). The van der Waals surface area contributed by atoms with Gasteiger partial charge in [0.05, 0.1) is 26.9 Å². The quantitative estimate of drug-likeness (QED) is 0.312. The first-order valence-electron chi connectivity index (χ1n) is 8.31. The van der Waals surface area contributed by atoms with Crippen molar-refractivity contribution in [3.63, 3.8) is 0 Å². The second-order valence-electron chi connectivity index (χ2n) is 6.00. The second-order valence-corrected chi connectivity index (χ2v) is 8.96. The maximum Gasteiger partial charge on any atom is 0.263 e. The molecule has 2 aromatic heterocycles. The molecule has 0 radical (unpaired) electrons. The summed E-state index contributed by atoms with van der Waals surface area (Å²) in [4.78, 5) is 31.7. The first-order valence-corrected chi connectivity index (χ1v) is 10.9. The number of thioether (sulfide) groups is 1. The van der Waals surface area contributed by atoms with Gasteiger partial charge in [0.1, 0.15) is 4.83 Å². The van der Waals surface area contributed by atoms with Crippen LogP contribution >= 0.6 is 46.3 Å². The molecule has 0 atom stereocenters. The number of para-hydroxylation sites is 1. The number of hydrogen-bond acceptors (Lipinski definition) is 5. The van der Waals surface area contributed by atoms with Crippen LogP contribution in [0.15, 0.2) is 40.8 Å². The molecule has 9 heteroatoms. The standard InChI is InChI=1S/C19H17Cl2N3O2S2/c1-4-8-24-18(26)15-10(2)11(3)28-17(15)23-19(24)27-9-14(25)22-16-12(20)6-5-7-13(16)21/h4-7H,1,8-9H2,2-3H3,(H,22,25). The first kappa shape index (κ1) is 20.9. The second kappa shape index (κ2) is 8.69. The molecule has 0 saturated carbocycles. The van der Waals surface area contributed by atoms with Crippen LogP contribution in [0.5, 0.6) is 0 Å². The molecule has 0 aliphatic carbocycles. The third-order valence-corrected chi connectivity index (χ3v) is 6.83. The monoisotopic (exact) mass is 453 g/mol. The van der Waals surface area contributed by atoms with E-state index in [1.807, 2.05) is 13.8 Å². The summed E-state index contributed by atoms with van der Waals surface area (Å²) in [5.41, 5.74) is 1.19. The van der Waals surface area contributed by atoms with E-state index in [1.165, 1.54) is 27.7 Å². The summed E-state index contributed by atoms with van der Waals surface area (Å²) in [7, 11) is 0. The number of halogens is 2. The molecular weight excluding hydrogens is 437 g/mol. The number of benzene rings is 1. The largest absolute Gasteiger partial charge is 0.323 e. The zero-order chi connectivity index (χ0) is 20.4. The van der Waals surface area contributed by atoms with Gasteiger partial charge in [-0.3, -0.25) is 14.2 Å². The van der Waals surface area contributed by atoms with Crippen molar-refractivity contribution in [2.45, 2.75) is 25.5 Å². The van der Waals surface area contributed by atoms with Crippen molar-refractivity contribution < 1.29 is 4.79 Å². The normalized spacial score (nSPS) is 11.0. The van der Waals surface area contributed by atoms with Crippen molar-refractivity contribution in [3.05, 3.63) is 61.7 Å². The Morgan fingerprint density at radius 2 is 2.04 bits per heavy atom. The van der Waals surface area contributed by atoms with Gasteiger partial charge in [0.25, 0.3) is 5.56 Å². The number of carbonyl (C=O) groups excluding carboxylic acids is 1. The summed E-state index contributed by atoms with van der Waals surface area (Å²) >= 11 is 14.8. The van der Waals surface area contributed by atoms with Crippen LogP contribution in [0.2, 0.25) is 10.0 Å². The van der Waals surface area contributed by atoms with Crippen LogP contribution in [0, 0.1) is 13.8 Å². The van der Waals surface area contributed by atoms with E-state index in [4.69, 9.17) is 23.2 Å². The van der Waals surface area contributed by atoms with E-state index >= 15 is 0 Å². The summed E-state index contributed by atoms with van der Waals surface area (Å²) in [5.74, 6) is -0.238. The molecular formula is C19H17Cl2N3O2S2. The Labute approximate surface area is 180 Å². The molecule has 1 amide bonds. The molecule has 0 bridgehead atoms. The zero-order valence-electron chi connectivity index (χ0n) is 15.2. The topological polar surface area (TPSA) is 64.0 Å². The first-order chi connectivity index (χ1) is 13.3. The van der Waals surface area contributed by atoms with Crippen molar-refractivity contribution in [2.75, 3.05) is 11.1 Å².